The molecule has 3 saturated heterocycles. The van der Waals surface area contributed by atoms with Crippen molar-refractivity contribution in [2.24, 2.45) is 0 Å². The van der Waals surface area contributed by atoms with Gasteiger partial charge in [-0.1, -0.05) is 0 Å². The molecule has 0 aromatic carbocycles. The highest BCUT2D eigenvalue weighted by atomic mass is 32.2. The Kier molecular flexibility index (Phi) is 4.96. The number of nitrogens with zero attached hydrogens (tertiary/aromatic N) is 2. The Bertz CT molecular complexity index is 391. The molecule has 1 amide bonds. The first-order valence-electron chi connectivity index (χ1n) is 7.20. The number of hydrogen-bond acceptors (Lipinski definition) is 5. The molecule has 0 saturated carbocycles. The van der Waals surface area contributed by atoms with Crippen LogP contribution < -0.4 is 0 Å². The smallest absolute Gasteiger partial charge is 0.302 e. The Morgan fingerprint density at radius 2 is 2.10 bits per heavy atom. The zero-order valence-corrected chi connectivity index (χ0v) is 13.4. The maximum atomic E-state index is 12.4. The van der Waals surface area contributed by atoms with Gasteiger partial charge in [-0.25, -0.2) is 0 Å². The number of ether oxygens (including phenoxy) is 1. The molecule has 0 radical (unpaired) electrons. The highest BCUT2D eigenvalue weighted by Crippen LogP contribution is 2.45. The summed E-state index contributed by atoms with van der Waals surface area (Å²) in [6, 6.07) is 0. The molecule has 2 atom stereocenters. The lowest BCUT2D eigenvalue weighted by Crippen LogP contribution is -2.48. The van der Waals surface area contributed by atoms with Crippen molar-refractivity contribution < 1.29 is 14.3 Å². The molecular formula is C14H24N2O3S. The fraction of sp³-hybridized carbons (Fsp3) is 0.857. The van der Waals surface area contributed by atoms with E-state index in [1.807, 2.05) is 11.8 Å². The minimum Gasteiger partial charge on any atom is -0.469 e. The van der Waals surface area contributed by atoms with E-state index in [2.05, 4.69) is 21.6 Å². The molecule has 114 valence electrons. The molecule has 20 heavy (non-hydrogen) atoms. The number of carbonyl (C=O) groups is 2. The monoisotopic (exact) mass is 300 g/mol. The van der Waals surface area contributed by atoms with E-state index in [-0.39, 0.29) is 11.5 Å². The molecule has 0 N–H and O–H groups in total. The average Bonchev–Trinajstić information content (AvgIpc) is 2.94. The molecule has 3 rings (SSSR count). The van der Waals surface area contributed by atoms with Crippen molar-refractivity contribution in [1.82, 2.24) is 9.80 Å². The molecule has 0 bridgehead atoms. The molecule has 1 unspecified atom stereocenters. The number of thioether (sulfide) groups is 1. The van der Waals surface area contributed by atoms with Crippen LogP contribution in [0.2, 0.25) is 0 Å². The van der Waals surface area contributed by atoms with Gasteiger partial charge < -0.3 is 9.64 Å². The van der Waals surface area contributed by atoms with E-state index in [9.17, 15) is 9.59 Å². The molecule has 6 heteroatoms. The van der Waals surface area contributed by atoms with Crippen molar-refractivity contribution >= 4 is 23.6 Å². The van der Waals surface area contributed by atoms with Gasteiger partial charge in [-0.05, 0) is 38.6 Å². The van der Waals surface area contributed by atoms with Crippen LogP contribution in [0.5, 0.6) is 0 Å². The third kappa shape index (κ3) is 2.81. The number of carbonyl (C=O) groups excluding carboxylic acids is 2. The van der Waals surface area contributed by atoms with Crippen LogP contribution in [0, 0.1) is 0 Å². The zero-order chi connectivity index (χ0) is 14.8. The standard InChI is InChI=1S/C11H18N2OS.C3H6O2/c1-12-5-2-4-11(12)8-9-13(10(11)14)6-3-7-15-9;1-3(4)5-2/h9H,2-8H2,1H3;1-2H3/t9?,11-;/m1./s1. The van der Waals surface area contributed by atoms with Crippen molar-refractivity contribution in [2.45, 2.75) is 43.5 Å². The first-order chi connectivity index (χ1) is 9.51. The molecule has 0 aromatic heterocycles. The summed E-state index contributed by atoms with van der Waals surface area (Å²) < 4.78 is 4.11. The van der Waals surface area contributed by atoms with Crippen LogP contribution in [0.1, 0.15) is 32.6 Å². The normalized spacial score (nSPS) is 32.9. The van der Waals surface area contributed by atoms with Gasteiger partial charge in [-0.15, -0.1) is 11.8 Å². The van der Waals surface area contributed by atoms with Gasteiger partial charge in [0.2, 0.25) is 5.91 Å². The Balaban J connectivity index is 0.000000257. The lowest BCUT2D eigenvalue weighted by atomic mass is 9.95. The summed E-state index contributed by atoms with van der Waals surface area (Å²) in [6.45, 7) is 3.45. The number of esters is 1. The molecule has 3 aliphatic rings. The zero-order valence-electron chi connectivity index (χ0n) is 12.6. The molecule has 0 aromatic rings. The van der Waals surface area contributed by atoms with E-state index in [0.29, 0.717) is 11.3 Å². The molecule has 3 aliphatic heterocycles. The van der Waals surface area contributed by atoms with Crippen LogP contribution >= 0.6 is 11.8 Å². The summed E-state index contributed by atoms with van der Waals surface area (Å²) in [5, 5.41) is 0.479. The molecule has 5 nitrogen and oxygen atoms in total. The second-order valence-electron chi connectivity index (χ2n) is 5.63. The second kappa shape index (κ2) is 6.35. The van der Waals surface area contributed by atoms with Crippen molar-refractivity contribution in [1.29, 1.82) is 0 Å². The van der Waals surface area contributed by atoms with E-state index < -0.39 is 0 Å². The lowest BCUT2D eigenvalue weighted by molar-refractivity contribution is -0.138. The summed E-state index contributed by atoms with van der Waals surface area (Å²) in [7, 11) is 3.47. The molecule has 0 aliphatic carbocycles. The molecule has 1 spiro atoms. The number of likely N-dealkylation sites (N-methyl/N-ethyl adjacent to an activating group) is 1. The van der Waals surface area contributed by atoms with E-state index in [1.165, 1.54) is 32.6 Å². The first-order valence-corrected chi connectivity index (χ1v) is 8.24. The maximum Gasteiger partial charge on any atom is 0.302 e. The largest absolute Gasteiger partial charge is 0.469 e. The van der Waals surface area contributed by atoms with Crippen LogP contribution in [-0.4, -0.2) is 65.6 Å². The number of amides is 1. The van der Waals surface area contributed by atoms with Crippen molar-refractivity contribution in [3.63, 3.8) is 0 Å². The number of methoxy groups -OCH3 is 1. The van der Waals surface area contributed by atoms with Crippen molar-refractivity contribution in [2.75, 3.05) is 33.0 Å². The second-order valence-corrected chi connectivity index (χ2v) is 6.92. The predicted molar refractivity (Wildman–Crippen MR) is 79.5 cm³/mol. The molecule has 3 fully saturated rings. The Hall–Kier alpha value is -0.750. The number of fused-ring (bicyclic) bond motifs is 1. The molecule has 3 heterocycles. The first kappa shape index (κ1) is 15.6. The van der Waals surface area contributed by atoms with Crippen LogP contribution in [0.25, 0.3) is 0 Å². The van der Waals surface area contributed by atoms with Gasteiger partial charge in [-0.2, -0.15) is 0 Å². The summed E-state index contributed by atoms with van der Waals surface area (Å²) in [6.07, 6.45) is 4.50. The van der Waals surface area contributed by atoms with Gasteiger partial charge in [0, 0.05) is 19.9 Å². The fourth-order valence-corrected chi connectivity index (χ4v) is 4.62. The van der Waals surface area contributed by atoms with Crippen LogP contribution in [0.4, 0.5) is 0 Å². The summed E-state index contributed by atoms with van der Waals surface area (Å²) in [5.74, 6) is 1.40. The Morgan fingerprint density at radius 3 is 2.60 bits per heavy atom. The van der Waals surface area contributed by atoms with E-state index in [1.54, 1.807) is 0 Å². The van der Waals surface area contributed by atoms with E-state index in [4.69, 9.17) is 0 Å². The van der Waals surface area contributed by atoms with Crippen molar-refractivity contribution in [3.05, 3.63) is 0 Å². The maximum absolute atomic E-state index is 12.4. The van der Waals surface area contributed by atoms with Crippen molar-refractivity contribution in [3.8, 4) is 0 Å². The van der Waals surface area contributed by atoms with E-state index in [0.717, 1.165) is 25.9 Å². The number of likely N-dealkylation sites (tertiary alicyclic amines) is 1. The summed E-state index contributed by atoms with van der Waals surface area (Å²) in [4.78, 5) is 26.5. The average molecular weight is 300 g/mol. The summed E-state index contributed by atoms with van der Waals surface area (Å²) >= 11 is 1.98. The topological polar surface area (TPSA) is 49.9 Å². The summed E-state index contributed by atoms with van der Waals surface area (Å²) in [5.41, 5.74) is -0.109. The third-order valence-corrected chi connectivity index (χ3v) is 5.80. The van der Waals surface area contributed by atoms with E-state index >= 15 is 0 Å². The van der Waals surface area contributed by atoms with Crippen LogP contribution in [0.3, 0.4) is 0 Å². The van der Waals surface area contributed by atoms with Gasteiger partial charge in [0.05, 0.1) is 12.5 Å². The highest BCUT2D eigenvalue weighted by Gasteiger charge is 2.56. The quantitative estimate of drug-likeness (QED) is 0.632. The van der Waals surface area contributed by atoms with Crippen LogP contribution in [-0.2, 0) is 14.3 Å². The lowest BCUT2D eigenvalue weighted by Gasteiger charge is -2.30. The van der Waals surface area contributed by atoms with Gasteiger partial charge in [-0.3, -0.25) is 14.5 Å². The predicted octanol–water partition coefficient (Wildman–Crippen LogP) is 1.33. The number of rotatable bonds is 0. The third-order valence-electron chi connectivity index (χ3n) is 4.47. The minimum absolute atomic E-state index is 0.109. The van der Waals surface area contributed by atoms with Gasteiger partial charge >= 0.3 is 5.97 Å². The van der Waals surface area contributed by atoms with Gasteiger partial charge in [0.15, 0.2) is 0 Å². The number of hydrogen-bond donors (Lipinski definition) is 0. The Morgan fingerprint density at radius 1 is 1.40 bits per heavy atom. The molecular weight excluding hydrogens is 276 g/mol. The Labute approximate surface area is 125 Å². The van der Waals surface area contributed by atoms with Gasteiger partial charge in [0.25, 0.3) is 0 Å². The van der Waals surface area contributed by atoms with Gasteiger partial charge in [0.1, 0.15) is 5.54 Å². The minimum atomic E-state index is -0.245. The van der Waals surface area contributed by atoms with Crippen LogP contribution in [0.15, 0.2) is 0 Å². The SMILES string of the molecule is CN1CCC[C@]12CC1SCCCN1C2=O.COC(C)=O. The fourth-order valence-electron chi connectivity index (χ4n) is 3.27. The highest BCUT2D eigenvalue weighted by molar-refractivity contribution is 7.99.